The zero-order valence-corrected chi connectivity index (χ0v) is 10.6. The zero-order valence-electron chi connectivity index (χ0n) is 9.77. The highest BCUT2D eigenvalue weighted by molar-refractivity contribution is 7.14. The van der Waals surface area contributed by atoms with E-state index in [0.29, 0.717) is 10.9 Å². The number of hydrogen-bond acceptors (Lipinski definition) is 5. The summed E-state index contributed by atoms with van der Waals surface area (Å²) in [6.45, 7) is 4.12. The van der Waals surface area contributed by atoms with Crippen LogP contribution in [-0.4, -0.2) is 11.2 Å². The van der Waals surface area contributed by atoms with Crippen molar-refractivity contribution in [2.75, 3.05) is 11.2 Å². The number of nitrogens with zero attached hydrogens (tertiary/aromatic N) is 2. The molecule has 2 rings (SSSR count). The fourth-order valence-corrected chi connectivity index (χ4v) is 1.94. The van der Waals surface area contributed by atoms with Crippen LogP contribution in [0.3, 0.4) is 0 Å². The maximum atomic E-state index is 5.51. The van der Waals surface area contributed by atoms with Crippen LogP contribution in [0.4, 0.5) is 10.9 Å². The van der Waals surface area contributed by atoms with Crippen LogP contribution >= 0.6 is 11.3 Å². The Morgan fingerprint density at radius 2 is 2.24 bits per heavy atom. The van der Waals surface area contributed by atoms with E-state index >= 15 is 0 Å². The molecular formula is C12H14N4S. The van der Waals surface area contributed by atoms with Crippen LogP contribution in [-0.2, 0) is 0 Å². The molecule has 4 nitrogen and oxygen atoms in total. The molecule has 0 amide bonds. The second kappa shape index (κ2) is 4.97. The van der Waals surface area contributed by atoms with E-state index in [2.05, 4.69) is 47.6 Å². The predicted molar refractivity (Wildman–Crippen MR) is 73.7 cm³/mol. The van der Waals surface area contributed by atoms with Crippen molar-refractivity contribution in [1.82, 2.24) is 4.98 Å². The molecule has 3 N–H and O–H groups in total. The van der Waals surface area contributed by atoms with E-state index in [1.165, 1.54) is 22.5 Å². The van der Waals surface area contributed by atoms with Gasteiger partial charge in [0.1, 0.15) is 5.82 Å². The summed E-state index contributed by atoms with van der Waals surface area (Å²) in [4.78, 5) is 4.05. The van der Waals surface area contributed by atoms with Crippen LogP contribution in [0.2, 0.25) is 0 Å². The first kappa shape index (κ1) is 11.6. The highest BCUT2D eigenvalue weighted by atomic mass is 32.1. The number of rotatable bonds is 3. The van der Waals surface area contributed by atoms with E-state index in [9.17, 15) is 0 Å². The van der Waals surface area contributed by atoms with E-state index in [4.69, 9.17) is 5.73 Å². The van der Waals surface area contributed by atoms with Gasteiger partial charge in [-0.2, -0.15) is 5.10 Å². The third-order valence-corrected chi connectivity index (χ3v) is 3.09. The molecule has 0 aliphatic heterocycles. The van der Waals surface area contributed by atoms with Gasteiger partial charge in [0.15, 0.2) is 0 Å². The number of nitrogen functional groups attached to an aromatic ring is 1. The lowest BCUT2D eigenvalue weighted by atomic mass is 10.1. The molecule has 0 bridgehead atoms. The van der Waals surface area contributed by atoms with E-state index in [0.717, 1.165) is 5.56 Å². The molecule has 88 valence electrons. The molecule has 5 heteroatoms. The first-order valence-electron chi connectivity index (χ1n) is 5.22. The molecule has 1 aromatic carbocycles. The van der Waals surface area contributed by atoms with Crippen LogP contribution in [0.5, 0.6) is 0 Å². The molecule has 0 aliphatic carbocycles. The largest absolute Gasteiger partial charge is 0.383 e. The zero-order chi connectivity index (χ0) is 12.3. The second-order valence-corrected chi connectivity index (χ2v) is 4.67. The summed E-state index contributed by atoms with van der Waals surface area (Å²) < 4.78 is 0. The highest BCUT2D eigenvalue weighted by Gasteiger charge is 1.97. The van der Waals surface area contributed by atoms with Crippen LogP contribution in [0.15, 0.2) is 28.7 Å². The normalized spacial score (nSPS) is 10.9. The maximum absolute atomic E-state index is 5.51. The van der Waals surface area contributed by atoms with Gasteiger partial charge in [-0.1, -0.05) is 23.8 Å². The summed E-state index contributed by atoms with van der Waals surface area (Å²) in [5.41, 5.74) is 11.9. The van der Waals surface area contributed by atoms with Crippen molar-refractivity contribution in [1.29, 1.82) is 0 Å². The molecule has 2 aromatic rings. The standard InChI is InChI=1S/C12H14N4S/c1-8-3-4-9(2)10(5-8)6-14-16-12-15-11(13)7-17-12/h3-7H,13H2,1-2H3,(H,15,16). The van der Waals surface area contributed by atoms with Gasteiger partial charge in [-0.15, -0.1) is 11.3 Å². The third kappa shape index (κ3) is 3.04. The van der Waals surface area contributed by atoms with Crippen molar-refractivity contribution in [3.63, 3.8) is 0 Å². The topological polar surface area (TPSA) is 63.3 Å². The van der Waals surface area contributed by atoms with E-state index in [-0.39, 0.29) is 0 Å². The van der Waals surface area contributed by atoms with E-state index < -0.39 is 0 Å². The van der Waals surface area contributed by atoms with Gasteiger partial charge in [-0.3, -0.25) is 5.43 Å². The van der Waals surface area contributed by atoms with Crippen molar-refractivity contribution >= 4 is 28.5 Å². The molecule has 0 radical (unpaired) electrons. The Morgan fingerprint density at radius 1 is 1.41 bits per heavy atom. The van der Waals surface area contributed by atoms with Gasteiger partial charge >= 0.3 is 0 Å². The summed E-state index contributed by atoms with van der Waals surface area (Å²) in [6, 6.07) is 6.26. The van der Waals surface area contributed by atoms with Crippen LogP contribution in [0.25, 0.3) is 0 Å². The monoisotopic (exact) mass is 246 g/mol. The molecule has 0 unspecified atom stereocenters. The van der Waals surface area contributed by atoms with Crippen LogP contribution < -0.4 is 11.2 Å². The molecule has 1 aromatic heterocycles. The number of benzene rings is 1. The minimum absolute atomic E-state index is 0.513. The average Bonchev–Trinajstić information content (AvgIpc) is 2.69. The second-order valence-electron chi connectivity index (χ2n) is 3.81. The van der Waals surface area contributed by atoms with Gasteiger partial charge in [0.05, 0.1) is 6.21 Å². The Kier molecular flexibility index (Phi) is 3.39. The Labute approximate surface area is 104 Å². The molecule has 17 heavy (non-hydrogen) atoms. The predicted octanol–water partition coefficient (Wildman–Crippen LogP) is 2.79. The molecule has 0 spiro atoms. The van der Waals surface area contributed by atoms with E-state index in [1.807, 2.05) is 0 Å². The summed E-state index contributed by atoms with van der Waals surface area (Å²) in [5.74, 6) is 0.513. The summed E-state index contributed by atoms with van der Waals surface area (Å²) in [6.07, 6.45) is 1.79. The molecule has 0 saturated heterocycles. The number of nitrogens with two attached hydrogens (primary N) is 1. The highest BCUT2D eigenvalue weighted by Crippen LogP contribution is 2.16. The molecule has 0 saturated carbocycles. The fourth-order valence-electron chi connectivity index (χ4n) is 1.39. The van der Waals surface area contributed by atoms with Gasteiger partial charge < -0.3 is 5.73 Å². The van der Waals surface area contributed by atoms with Gasteiger partial charge in [0.2, 0.25) is 5.13 Å². The lowest BCUT2D eigenvalue weighted by molar-refractivity contribution is 1.29. The Hall–Kier alpha value is -1.88. The lowest BCUT2D eigenvalue weighted by Crippen LogP contribution is -1.93. The smallest absolute Gasteiger partial charge is 0.205 e. The fraction of sp³-hybridized carbons (Fsp3) is 0.167. The molecule has 1 heterocycles. The summed E-state index contributed by atoms with van der Waals surface area (Å²) in [7, 11) is 0. The van der Waals surface area contributed by atoms with Gasteiger partial charge in [0, 0.05) is 5.38 Å². The third-order valence-electron chi connectivity index (χ3n) is 2.32. The SMILES string of the molecule is Cc1ccc(C)c(C=NNc2nc(N)cs2)c1. The first-order valence-corrected chi connectivity index (χ1v) is 6.10. The van der Waals surface area contributed by atoms with Crippen molar-refractivity contribution in [3.05, 3.63) is 40.3 Å². The Morgan fingerprint density at radius 3 is 2.94 bits per heavy atom. The number of hydrazone groups is 1. The summed E-state index contributed by atoms with van der Waals surface area (Å²) in [5, 5.41) is 6.62. The van der Waals surface area contributed by atoms with Gasteiger partial charge in [-0.05, 0) is 25.0 Å². The van der Waals surface area contributed by atoms with Crippen molar-refractivity contribution in [2.45, 2.75) is 13.8 Å². The summed E-state index contributed by atoms with van der Waals surface area (Å²) >= 11 is 1.43. The number of aromatic nitrogens is 1. The molecular weight excluding hydrogens is 232 g/mol. The maximum Gasteiger partial charge on any atom is 0.205 e. The lowest BCUT2D eigenvalue weighted by Gasteiger charge is -2.01. The molecule has 0 atom stereocenters. The number of nitrogens with one attached hydrogen (secondary N) is 1. The molecule has 0 aliphatic rings. The Bertz CT molecular complexity index is 545. The number of thiazole rings is 1. The minimum atomic E-state index is 0.513. The Balaban J connectivity index is 2.07. The van der Waals surface area contributed by atoms with Crippen LogP contribution in [0.1, 0.15) is 16.7 Å². The number of anilines is 2. The van der Waals surface area contributed by atoms with Crippen molar-refractivity contribution in [2.24, 2.45) is 5.10 Å². The average molecular weight is 246 g/mol. The van der Waals surface area contributed by atoms with Crippen LogP contribution in [0, 0.1) is 13.8 Å². The quantitative estimate of drug-likeness (QED) is 0.646. The van der Waals surface area contributed by atoms with Crippen molar-refractivity contribution < 1.29 is 0 Å². The van der Waals surface area contributed by atoms with Crippen molar-refractivity contribution in [3.8, 4) is 0 Å². The number of aryl methyl sites for hydroxylation is 2. The minimum Gasteiger partial charge on any atom is -0.383 e. The van der Waals surface area contributed by atoms with Gasteiger partial charge in [-0.25, -0.2) is 4.98 Å². The van der Waals surface area contributed by atoms with Gasteiger partial charge in [0.25, 0.3) is 0 Å². The first-order chi connectivity index (χ1) is 8.15. The van der Waals surface area contributed by atoms with E-state index in [1.54, 1.807) is 11.6 Å². The number of hydrogen-bond donors (Lipinski definition) is 2. The molecule has 0 fully saturated rings.